The SMILES string of the molecule is CC/C=C(C(=O)OCC)/C(=C\C(=C\CCC)NC(=O)C1CC1)Nc1cccc(C(C)=N)c1OC. The Bertz CT molecular complexity index is 988. The Balaban J connectivity index is 2.59. The van der Waals surface area contributed by atoms with Gasteiger partial charge in [0.1, 0.15) is 0 Å². The molecular weight excluding hydrogens is 430 g/mol. The largest absolute Gasteiger partial charge is 0.494 e. The van der Waals surface area contributed by atoms with E-state index in [1.807, 2.05) is 31.2 Å². The number of rotatable bonds is 13. The Morgan fingerprint density at radius 3 is 2.47 bits per heavy atom. The van der Waals surface area contributed by atoms with Crippen LogP contribution in [0.3, 0.4) is 0 Å². The second-order valence-electron chi connectivity index (χ2n) is 8.15. The Morgan fingerprint density at radius 2 is 1.91 bits per heavy atom. The van der Waals surface area contributed by atoms with Gasteiger partial charge in [-0.3, -0.25) is 4.79 Å². The molecule has 0 bridgehead atoms. The third-order valence-corrected chi connectivity index (χ3v) is 5.25. The van der Waals surface area contributed by atoms with E-state index in [-0.39, 0.29) is 18.4 Å². The van der Waals surface area contributed by atoms with Gasteiger partial charge >= 0.3 is 5.97 Å². The summed E-state index contributed by atoms with van der Waals surface area (Å²) in [5.41, 5.74) is 3.09. The molecule has 1 amide bonds. The summed E-state index contributed by atoms with van der Waals surface area (Å²) < 4.78 is 10.9. The highest BCUT2D eigenvalue weighted by molar-refractivity contribution is 6.01. The van der Waals surface area contributed by atoms with E-state index in [1.165, 1.54) is 0 Å². The van der Waals surface area contributed by atoms with Gasteiger partial charge in [0.05, 0.1) is 30.7 Å². The van der Waals surface area contributed by atoms with Crippen molar-refractivity contribution in [2.24, 2.45) is 5.92 Å². The molecule has 7 nitrogen and oxygen atoms in total. The average Bonchev–Trinajstić information content (AvgIpc) is 3.66. The number of esters is 1. The molecule has 2 rings (SSSR count). The number of carbonyl (C=O) groups is 2. The lowest BCUT2D eigenvalue weighted by Gasteiger charge is -2.19. The van der Waals surface area contributed by atoms with Crippen LogP contribution in [0.4, 0.5) is 5.69 Å². The lowest BCUT2D eigenvalue weighted by atomic mass is 10.1. The fourth-order valence-electron chi connectivity index (χ4n) is 3.38. The Hall–Kier alpha value is -3.35. The first kappa shape index (κ1) is 26.9. The van der Waals surface area contributed by atoms with E-state index in [2.05, 4.69) is 17.6 Å². The number of nitrogens with one attached hydrogen (secondary N) is 3. The lowest BCUT2D eigenvalue weighted by Crippen LogP contribution is -2.24. The van der Waals surface area contributed by atoms with Crippen molar-refractivity contribution >= 4 is 23.3 Å². The molecule has 7 heteroatoms. The first-order valence-corrected chi connectivity index (χ1v) is 12.0. The molecule has 0 heterocycles. The fraction of sp³-hybridized carbons (Fsp3) is 0.444. The van der Waals surface area contributed by atoms with E-state index >= 15 is 0 Å². The van der Waals surface area contributed by atoms with E-state index in [4.69, 9.17) is 14.9 Å². The predicted octanol–water partition coefficient (Wildman–Crippen LogP) is 5.49. The minimum absolute atomic E-state index is 0.00545. The predicted molar refractivity (Wildman–Crippen MR) is 136 cm³/mol. The maximum absolute atomic E-state index is 12.9. The van der Waals surface area contributed by atoms with Gasteiger partial charge in [-0.15, -0.1) is 0 Å². The normalized spacial score (nSPS) is 14.4. The van der Waals surface area contributed by atoms with Crippen molar-refractivity contribution in [2.45, 2.75) is 59.8 Å². The van der Waals surface area contributed by atoms with Gasteiger partial charge in [-0.25, -0.2) is 4.79 Å². The summed E-state index contributed by atoms with van der Waals surface area (Å²) in [6, 6.07) is 5.46. The van der Waals surface area contributed by atoms with Gasteiger partial charge in [0, 0.05) is 22.9 Å². The molecule has 3 N–H and O–H groups in total. The number of methoxy groups -OCH3 is 1. The summed E-state index contributed by atoms with van der Waals surface area (Å²) in [6.07, 6.45) is 9.66. The number of anilines is 1. The van der Waals surface area contributed by atoms with E-state index in [9.17, 15) is 9.59 Å². The van der Waals surface area contributed by atoms with Crippen LogP contribution in [-0.4, -0.2) is 31.3 Å². The van der Waals surface area contributed by atoms with Crippen molar-refractivity contribution in [3.8, 4) is 5.75 Å². The number of carbonyl (C=O) groups excluding carboxylic acids is 2. The van der Waals surface area contributed by atoms with E-state index in [0.717, 1.165) is 25.7 Å². The Morgan fingerprint density at radius 1 is 1.18 bits per heavy atom. The molecule has 1 aliphatic rings. The van der Waals surface area contributed by atoms with E-state index in [0.29, 0.717) is 46.1 Å². The number of benzene rings is 1. The quantitative estimate of drug-likeness (QED) is 0.154. The first-order chi connectivity index (χ1) is 16.4. The third-order valence-electron chi connectivity index (χ3n) is 5.25. The molecule has 1 saturated carbocycles. The molecule has 0 saturated heterocycles. The summed E-state index contributed by atoms with van der Waals surface area (Å²) in [5, 5.41) is 14.4. The zero-order valence-electron chi connectivity index (χ0n) is 20.9. The molecule has 1 aromatic carbocycles. The van der Waals surface area contributed by atoms with Crippen LogP contribution in [0, 0.1) is 11.3 Å². The molecule has 184 valence electrons. The third kappa shape index (κ3) is 7.61. The number of allylic oxidation sites excluding steroid dienone is 3. The molecule has 34 heavy (non-hydrogen) atoms. The molecule has 0 aromatic heterocycles. The molecule has 0 aliphatic heterocycles. The molecule has 0 atom stereocenters. The molecule has 1 fully saturated rings. The summed E-state index contributed by atoms with van der Waals surface area (Å²) in [4.78, 5) is 25.4. The van der Waals surface area contributed by atoms with E-state index < -0.39 is 5.97 Å². The Labute approximate surface area is 202 Å². The van der Waals surface area contributed by atoms with Crippen molar-refractivity contribution < 1.29 is 19.1 Å². The summed E-state index contributed by atoms with van der Waals surface area (Å²) in [6.45, 7) is 7.71. The zero-order chi connectivity index (χ0) is 25.1. The smallest absolute Gasteiger partial charge is 0.339 e. The minimum atomic E-state index is -0.454. The lowest BCUT2D eigenvalue weighted by molar-refractivity contribution is -0.138. The minimum Gasteiger partial charge on any atom is -0.494 e. The topological polar surface area (TPSA) is 101 Å². The monoisotopic (exact) mass is 467 g/mol. The Kier molecular flexibility index (Phi) is 10.6. The number of amides is 1. The maximum Gasteiger partial charge on any atom is 0.339 e. The average molecular weight is 468 g/mol. The van der Waals surface area contributed by atoms with Gasteiger partial charge in [-0.05, 0) is 57.7 Å². The van der Waals surface area contributed by atoms with Crippen LogP contribution in [0.1, 0.15) is 65.4 Å². The van der Waals surface area contributed by atoms with Crippen LogP contribution in [0.15, 0.2) is 53.4 Å². The second kappa shape index (κ2) is 13.4. The van der Waals surface area contributed by atoms with Crippen LogP contribution in [0.25, 0.3) is 0 Å². The molecule has 1 aromatic rings. The molecule has 0 spiro atoms. The zero-order valence-corrected chi connectivity index (χ0v) is 20.9. The van der Waals surface area contributed by atoms with Gasteiger partial charge in [-0.1, -0.05) is 38.5 Å². The van der Waals surface area contributed by atoms with Crippen LogP contribution >= 0.6 is 0 Å². The number of para-hydroxylation sites is 1. The molecule has 0 unspecified atom stereocenters. The molecule has 1 aliphatic carbocycles. The molecule has 0 radical (unpaired) electrons. The van der Waals surface area contributed by atoms with Gasteiger partial charge in [-0.2, -0.15) is 0 Å². The highest BCUT2D eigenvalue weighted by atomic mass is 16.5. The second-order valence-corrected chi connectivity index (χ2v) is 8.15. The molecular formula is C27H37N3O4. The highest BCUT2D eigenvalue weighted by Crippen LogP contribution is 2.32. The maximum atomic E-state index is 12.9. The van der Waals surface area contributed by atoms with Gasteiger partial charge < -0.3 is 25.5 Å². The van der Waals surface area contributed by atoms with Crippen molar-refractivity contribution in [2.75, 3.05) is 19.0 Å². The summed E-state index contributed by atoms with van der Waals surface area (Å²) in [5.74, 6) is 0.0959. The van der Waals surface area contributed by atoms with Crippen molar-refractivity contribution in [1.82, 2.24) is 5.32 Å². The van der Waals surface area contributed by atoms with Gasteiger partial charge in [0.15, 0.2) is 5.75 Å². The van der Waals surface area contributed by atoms with Crippen molar-refractivity contribution in [3.05, 3.63) is 59.0 Å². The van der Waals surface area contributed by atoms with Crippen LogP contribution < -0.4 is 15.4 Å². The number of unbranched alkanes of at least 4 members (excludes halogenated alkanes) is 1. The van der Waals surface area contributed by atoms with Crippen molar-refractivity contribution in [3.63, 3.8) is 0 Å². The first-order valence-electron chi connectivity index (χ1n) is 12.0. The number of hydrogen-bond donors (Lipinski definition) is 3. The number of hydrogen-bond acceptors (Lipinski definition) is 6. The summed E-state index contributed by atoms with van der Waals surface area (Å²) >= 11 is 0. The fourth-order valence-corrected chi connectivity index (χ4v) is 3.38. The standard InChI is InChI=1S/C27H37N3O4/c1-6-9-12-20(29-26(31)19-15-16-19)17-24(22(11-7-2)27(32)34-8-3)30-23-14-10-13-21(18(4)28)25(23)33-5/h10-14,17,19,28,30H,6-9,15-16H2,1-5H3,(H,29,31)/b20-12-,22-11-,24-17+,28-18?. The number of ether oxygens (including phenoxy) is 2. The van der Waals surface area contributed by atoms with Crippen LogP contribution in [-0.2, 0) is 14.3 Å². The van der Waals surface area contributed by atoms with Crippen LogP contribution in [0.2, 0.25) is 0 Å². The summed E-state index contributed by atoms with van der Waals surface area (Å²) in [7, 11) is 1.55. The van der Waals surface area contributed by atoms with Gasteiger partial charge in [0.25, 0.3) is 0 Å². The van der Waals surface area contributed by atoms with Crippen LogP contribution in [0.5, 0.6) is 5.75 Å². The van der Waals surface area contributed by atoms with Crippen molar-refractivity contribution in [1.29, 1.82) is 5.41 Å². The highest BCUT2D eigenvalue weighted by Gasteiger charge is 2.30. The van der Waals surface area contributed by atoms with E-state index in [1.54, 1.807) is 33.1 Å². The van der Waals surface area contributed by atoms with Gasteiger partial charge in [0.2, 0.25) is 5.91 Å².